The molecule has 21 heavy (non-hydrogen) atoms. The summed E-state index contributed by atoms with van der Waals surface area (Å²) in [6.07, 6.45) is 7.60. The molecule has 0 spiro atoms. The van der Waals surface area contributed by atoms with Crippen LogP contribution in [0.5, 0.6) is 0 Å². The Balaban J connectivity index is 2.52. The van der Waals surface area contributed by atoms with Gasteiger partial charge in [-0.15, -0.1) is 0 Å². The van der Waals surface area contributed by atoms with E-state index in [1.54, 1.807) is 6.33 Å². The average molecular weight is 283 g/mol. The molecule has 0 amide bonds. The molecule has 0 aliphatic rings. The molecular formula is C18H25N3. The minimum Gasteiger partial charge on any atom is -0.309 e. The molecular weight excluding hydrogens is 258 g/mol. The van der Waals surface area contributed by atoms with Crippen LogP contribution < -0.4 is 5.32 Å². The van der Waals surface area contributed by atoms with Crippen LogP contribution in [-0.2, 0) is 5.41 Å². The molecule has 0 aliphatic carbocycles. The predicted octanol–water partition coefficient (Wildman–Crippen LogP) is 3.89. The molecule has 2 rings (SSSR count). The fraction of sp³-hybridized carbons (Fsp3) is 0.444. The van der Waals surface area contributed by atoms with Gasteiger partial charge in [-0.05, 0) is 24.9 Å². The van der Waals surface area contributed by atoms with Crippen LogP contribution in [0.25, 0.3) is 0 Å². The van der Waals surface area contributed by atoms with Crippen molar-refractivity contribution in [2.45, 2.75) is 45.1 Å². The van der Waals surface area contributed by atoms with Crippen molar-refractivity contribution in [1.29, 1.82) is 0 Å². The Hall–Kier alpha value is -1.74. The number of nitrogens with zero attached hydrogens (tertiary/aromatic N) is 2. The average Bonchev–Trinajstić information content (AvgIpc) is 2.57. The number of aromatic nitrogens is 2. The van der Waals surface area contributed by atoms with Crippen LogP contribution in [0.4, 0.5) is 0 Å². The highest BCUT2D eigenvalue weighted by Gasteiger charge is 2.38. The third kappa shape index (κ3) is 3.13. The van der Waals surface area contributed by atoms with Crippen LogP contribution in [0.1, 0.15) is 50.8 Å². The molecule has 0 radical (unpaired) electrons. The molecule has 2 aromatic rings. The first-order chi connectivity index (χ1) is 10.3. The molecule has 1 aromatic carbocycles. The molecule has 1 unspecified atom stereocenters. The van der Waals surface area contributed by atoms with Gasteiger partial charge in [-0.1, -0.05) is 51.1 Å². The Morgan fingerprint density at radius 3 is 2.14 bits per heavy atom. The molecule has 0 bridgehead atoms. The third-order valence-electron chi connectivity index (χ3n) is 4.49. The van der Waals surface area contributed by atoms with Crippen molar-refractivity contribution in [2.75, 3.05) is 6.54 Å². The zero-order chi connectivity index (χ0) is 15.1. The number of hydrogen-bond acceptors (Lipinski definition) is 3. The van der Waals surface area contributed by atoms with Gasteiger partial charge in [0.15, 0.2) is 0 Å². The Morgan fingerprint density at radius 2 is 1.62 bits per heavy atom. The van der Waals surface area contributed by atoms with Gasteiger partial charge in [0, 0.05) is 29.4 Å². The smallest absolute Gasteiger partial charge is 0.115 e. The van der Waals surface area contributed by atoms with Gasteiger partial charge < -0.3 is 5.32 Å². The predicted molar refractivity (Wildman–Crippen MR) is 87.2 cm³/mol. The first-order valence-corrected chi connectivity index (χ1v) is 7.82. The highest BCUT2D eigenvalue weighted by molar-refractivity contribution is 5.31. The van der Waals surface area contributed by atoms with Gasteiger partial charge >= 0.3 is 0 Å². The van der Waals surface area contributed by atoms with Crippen LogP contribution in [0.15, 0.2) is 49.1 Å². The fourth-order valence-electron chi connectivity index (χ4n) is 3.30. The van der Waals surface area contributed by atoms with E-state index in [0.717, 1.165) is 24.9 Å². The van der Waals surface area contributed by atoms with E-state index in [0.29, 0.717) is 0 Å². The second-order valence-electron chi connectivity index (χ2n) is 5.39. The minimum absolute atomic E-state index is 0.0575. The molecule has 0 aliphatic heterocycles. The normalized spacial score (nSPS) is 13.1. The Morgan fingerprint density at radius 1 is 1.00 bits per heavy atom. The minimum atomic E-state index is 0.0575. The molecule has 0 fully saturated rings. The van der Waals surface area contributed by atoms with Crippen LogP contribution >= 0.6 is 0 Å². The van der Waals surface area contributed by atoms with Crippen LogP contribution in [0.3, 0.4) is 0 Å². The van der Waals surface area contributed by atoms with Gasteiger partial charge in [-0.2, -0.15) is 0 Å². The second kappa shape index (κ2) is 7.32. The van der Waals surface area contributed by atoms with Gasteiger partial charge in [0.1, 0.15) is 6.33 Å². The van der Waals surface area contributed by atoms with Crippen molar-refractivity contribution in [1.82, 2.24) is 15.3 Å². The van der Waals surface area contributed by atoms with Gasteiger partial charge in [0.2, 0.25) is 0 Å². The first kappa shape index (κ1) is 15.6. The summed E-state index contributed by atoms with van der Waals surface area (Å²) < 4.78 is 0. The van der Waals surface area contributed by atoms with Crippen molar-refractivity contribution in [3.8, 4) is 0 Å². The number of likely N-dealkylation sites (N-methyl/N-ethyl adjacent to an activating group) is 1. The first-order valence-electron chi connectivity index (χ1n) is 7.82. The quantitative estimate of drug-likeness (QED) is 0.838. The summed E-state index contributed by atoms with van der Waals surface area (Å²) in [6, 6.07) is 11.0. The molecule has 112 valence electrons. The van der Waals surface area contributed by atoms with Crippen LogP contribution in [0.2, 0.25) is 0 Å². The van der Waals surface area contributed by atoms with Crippen molar-refractivity contribution < 1.29 is 0 Å². The van der Waals surface area contributed by atoms with E-state index in [1.807, 2.05) is 12.4 Å². The standard InChI is InChI=1S/C18H25N3/c1-4-18(5-2,16-10-8-7-9-11-16)17(21-6-3)15-12-19-14-20-13-15/h7-14,17,21H,4-6H2,1-3H3. The SMILES string of the molecule is CCNC(c1cncnc1)C(CC)(CC)c1ccccc1. The largest absolute Gasteiger partial charge is 0.309 e. The Kier molecular flexibility index (Phi) is 5.45. The van der Waals surface area contributed by atoms with Gasteiger partial charge in [-0.25, -0.2) is 9.97 Å². The molecule has 0 saturated carbocycles. The maximum Gasteiger partial charge on any atom is 0.115 e. The van der Waals surface area contributed by atoms with Crippen molar-refractivity contribution in [3.05, 3.63) is 60.2 Å². The van der Waals surface area contributed by atoms with Crippen LogP contribution in [-0.4, -0.2) is 16.5 Å². The number of rotatable bonds is 7. The van der Waals surface area contributed by atoms with Crippen molar-refractivity contribution in [2.24, 2.45) is 0 Å². The topological polar surface area (TPSA) is 37.8 Å². The van der Waals surface area contributed by atoms with E-state index in [2.05, 4.69) is 66.4 Å². The van der Waals surface area contributed by atoms with Crippen molar-refractivity contribution in [3.63, 3.8) is 0 Å². The van der Waals surface area contributed by atoms with E-state index in [9.17, 15) is 0 Å². The zero-order valence-electron chi connectivity index (χ0n) is 13.2. The molecule has 1 heterocycles. The lowest BCUT2D eigenvalue weighted by Gasteiger charge is -2.41. The molecule has 1 N–H and O–H groups in total. The summed E-state index contributed by atoms with van der Waals surface area (Å²) in [7, 11) is 0. The molecule has 3 heteroatoms. The van der Waals surface area contributed by atoms with Gasteiger partial charge in [-0.3, -0.25) is 0 Å². The Labute approximate surface area is 127 Å². The molecule has 1 atom stereocenters. The number of benzene rings is 1. The van der Waals surface area contributed by atoms with Gasteiger partial charge in [0.05, 0.1) is 0 Å². The van der Waals surface area contributed by atoms with E-state index < -0.39 is 0 Å². The maximum atomic E-state index is 4.21. The number of hydrogen-bond donors (Lipinski definition) is 1. The molecule has 3 nitrogen and oxygen atoms in total. The lowest BCUT2D eigenvalue weighted by molar-refractivity contribution is 0.277. The van der Waals surface area contributed by atoms with E-state index in [-0.39, 0.29) is 11.5 Å². The molecule has 0 saturated heterocycles. The van der Waals surface area contributed by atoms with E-state index in [4.69, 9.17) is 0 Å². The van der Waals surface area contributed by atoms with E-state index >= 15 is 0 Å². The lowest BCUT2D eigenvalue weighted by atomic mass is 9.68. The zero-order valence-corrected chi connectivity index (χ0v) is 13.2. The number of nitrogens with one attached hydrogen (secondary N) is 1. The highest BCUT2D eigenvalue weighted by atomic mass is 14.9. The lowest BCUT2D eigenvalue weighted by Crippen LogP contribution is -2.41. The summed E-state index contributed by atoms with van der Waals surface area (Å²) in [5, 5.41) is 3.66. The highest BCUT2D eigenvalue weighted by Crippen LogP contribution is 2.42. The summed E-state index contributed by atoms with van der Waals surface area (Å²) in [6.45, 7) is 7.61. The summed E-state index contributed by atoms with van der Waals surface area (Å²) in [4.78, 5) is 8.42. The summed E-state index contributed by atoms with van der Waals surface area (Å²) in [5.41, 5.74) is 2.60. The second-order valence-corrected chi connectivity index (χ2v) is 5.39. The van der Waals surface area contributed by atoms with E-state index in [1.165, 1.54) is 5.56 Å². The summed E-state index contributed by atoms with van der Waals surface area (Å²) >= 11 is 0. The third-order valence-corrected chi connectivity index (χ3v) is 4.49. The van der Waals surface area contributed by atoms with Crippen LogP contribution in [0, 0.1) is 0 Å². The fourth-order valence-corrected chi connectivity index (χ4v) is 3.30. The Bertz CT molecular complexity index is 521. The van der Waals surface area contributed by atoms with Gasteiger partial charge in [0.25, 0.3) is 0 Å². The van der Waals surface area contributed by atoms with Crippen molar-refractivity contribution >= 4 is 0 Å². The molecule has 1 aromatic heterocycles. The monoisotopic (exact) mass is 283 g/mol. The summed E-state index contributed by atoms with van der Waals surface area (Å²) in [5.74, 6) is 0. The maximum absolute atomic E-state index is 4.21.